The molecule has 2 rings (SSSR count). The van der Waals surface area contributed by atoms with Crippen molar-refractivity contribution in [2.45, 2.75) is 0 Å². The number of hydrogen-bond acceptors (Lipinski definition) is 2. The summed E-state index contributed by atoms with van der Waals surface area (Å²) in [5.41, 5.74) is 0.693. The van der Waals surface area contributed by atoms with Crippen molar-refractivity contribution >= 4 is 35.0 Å². The van der Waals surface area contributed by atoms with Gasteiger partial charge < -0.3 is 9.67 Å². The number of ketones is 1. The molecule has 0 amide bonds. The minimum atomic E-state index is -1.09. The molecule has 0 aliphatic carbocycles. The van der Waals surface area contributed by atoms with E-state index in [0.717, 1.165) is 0 Å². The molecule has 0 aliphatic rings. The van der Waals surface area contributed by atoms with Crippen LogP contribution in [0.4, 0.5) is 0 Å². The molecule has 6 heteroatoms. The predicted octanol–water partition coefficient (Wildman–Crippen LogP) is 3.26. The standard InChI is InChI=1S/C13H9Cl2NO3/c1-16-6-8(5-11(16)13(18)19)12(17)7-2-3-9(14)10(15)4-7/h2-6H,1H3,(H,18,19). The Morgan fingerprint density at radius 1 is 1.11 bits per heavy atom. The highest BCUT2D eigenvalue weighted by molar-refractivity contribution is 6.42. The highest BCUT2D eigenvalue weighted by Crippen LogP contribution is 2.24. The van der Waals surface area contributed by atoms with Gasteiger partial charge >= 0.3 is 5.97 Å². The molecule has 0 fully saturated rings. The van der Waals surface area contributed by atoms with E-state index < -0.39 is 5.97 Å². The first-order valence-corrected chi connectivity index (χ1v) is 6.05. The number of hydrogen-bond donors (Lipinski definition) is 1. The molecule has 19 heavy (non-hydrogen) atoms. The lowest BCUT2D eigenvalue weighted by Gasteiger charge is -2.00. The molecule has 0 atom stereocenters. The molecule has 0 spiro atoms. The second kappa shape index (κ2) is 5.07. The molecule has 1 aromatic heterocycles. The summed E-state index contributed by atoms with van der Waals surface area (Å²) in [5, 5.41) is 9.58. The van der Waals surface area contributed by atoms with Gasteiger partial charge in [-0.1, -0.05) is 23.2 Å². The van der Waals surface area contributed by atoms with Crippen LogP contribution < -0.4 is 0 Å². The number of aromatic carboxylic acids is 1. The highest BCUT2D eigenvalue weighted by atomic mass is 35.5. The lowest BCUT2D eigenvalue weighted by atomic mass is 10.1. The fourth-order valence-electron chi connectivity index (χ4n) is 1.71. The fourth-order valence-corrected chi connectivity index (χ4v) is 2.00. The van der Waals surface area contributed by atoms with Gasteiger partial charge in [-0.15, -0.1) is 0 Å². The third-order valence-electron chi connectivity index (χ3n) is 2.67. The van der Waals surface area contributed by atoms with Crippen molar-refractivity contribution < 1.29 is 14.7 Å². The van der Waals surface area contributed by atoms with Crippen LogP contribution in [0.2, 0.25) is 10.0 Å². The molecule has 98 valence electrons. The van der Waals surface area contributed by atoms with Gasteiger partial charge in [0.2, 0.25) is 0 Å². The minimum Gasteiger partial charge on any atom is -0.477 e. The van der Waals surface area contributed by atoms with Gasteiger partial charge in [0.1, 0.15) is 5.69 Å². The average Bonchev–Trinajstić information content (AvgIpc) is 2.74. The summed E-state index contributed by atoms with van der Waals surface area (Å²) in [6.45, 7) is 0. The summed E-state index contributed by atoms with van der Waals surface area (Å²) in [5.74, 6) is -1.39. The van der Waals surface area contributed by atoms with E-state index in [2.05, 4.69) is 0 Å². The highest BCUT2D eigenvalue weighted by Gasteiger charge is 2.16. The molecular formula is C13H9Cl2NO3. The molecule has 4 nitrogen and oxygen atoms in total. The van der Waals surface area contributed by atoms with Gasteiger partial charge in [0.15, 0.2) is 5.78 Å². The zero-order valence-corrected chi connectivity index (χ0v) is 11.4. The Hall–Kier alpha value is -1.78. The molecule has 1 N–H and O–H groups in total. The normalized spacial score (nSPS) is 10.5. The van der Waals surface area contributed by atoms with Gasteiger partial charge in [0.25, 0.3) is 0 Å². The Balaban J connectivity index is 2.41. The third-order valence-corrected chi connectivity index (χ3v) is 3.41. The summed E-state index contributed by atoms with van der Waals surface area (Å²) in [6.07, 6.45) is 1.47. The summed E-state index contributed by atoms with van der Waals surface area (Å²) in [7, 11) is 1.56. The topological polar surface area (TPSA) is 59.3 Å². The lowest BCUT2D eigenvalue weighted by molar-refractivity contribution is 0.0686. The van der Waals surface area contributed by atoms with Crippen LogP contribution in [-0.4, -0.2) is 21.4 Å². The molecule has 0 unspecified atom stereocenters. The number of carboxylic acids is 1. The van der Waals surface area contributed by atoms with E-state index in [-0.39, 0.29) is 16.5 Å². The second-order valence-electron chi connectivity index (χ2n) is 3.99. The van der Waals surface area contributed by atoms with Gasteiger partial charge in [-0.3, -0.25) is 4.79 Å². The number of aryl methyl sites for hydroxylation is 1. The van der Waals surface area contributed by atoms with Crippen molar-refractivity contribution in [3.8, 4) is 0 Å². The zero-order chi connectivity index (χ0) is 14.2. The lowest BCUT2D eigenvalue weighted by Crippen LogP contribution is -2.02. The maximum atomic E-state index is 12.2. The van der Waals surface area contributed by atoms with Crippen LogP contribution in [0, 0.1) is 0 Å². The number of aromatic nitrogens is 1. The molecule has 1 aromatic carbocycles. The number of halogens is 2. The smallest absolute Gasteiger partial charge is 0.352 e. The number of carboxylic acid groups (broad SMARTS) is 1. The predicted molar refractivity (Wildman–Crippen MR) is 72.3 cm³/mol. The first kappa shape index (κ1) is 13.6. The Kier molecular flexibility index (Phi) is 3.64. The van der Waals surface area contributed by atoms with E-state index in [4.69, 9.17) is 28.3 Å². The fraction of sp³-hybridized carbons (Fsp3) is 0.0769. The number of carbonyl (C=O) groups excluding carboxylic acids is 1. The monoisotopic (exact) mass is 297 g/mol. The second-order valence-corrected chi connectivity index (χ2v) is 4.80. The van der Waals surface area contributed by atoms with Crippen molar-refractivity contribution in [1.29, 1.82) is 0 Å². The molecule has 0 bridgehead atoms. The summed E-state index contributed by atoms with van der Waals surface area (Å²) in [6, 6.07) is 5.86. The first-order chi connectivity index (χ1) is 8.90. The average molecular weight is 298 g/mol. The third kappa shape index (κ3) is 2.64. The van der Waals surface area contributed by atoms with E-state index in [1.54, 1.807) is 13.1 Å². The Labute approximate surface area is 119 Å². The van der Waals surface area contributed by atoms with Crippen LogP contribution in [0.15, 0.2) is 30.5 Å². The van der Waals surface area contributed by atoms with E-state index in [0.29, 0.717) is 16.1 Å². The number of carbonyl (C=O) groups is 2. The van der Waals surface area contributed by atoms with Gasteiger partial charge in [-0.05, 0) is 24.3 Å². The van der Waals surface area contributed by atoms with E-state index in [1.165, 1.54) is 29.0 Å². The van der Waals surface area contributed by atoms with Crippen LogP contribution in [0.25, 0.3) is 0 Å². The summed E-state index contributed by atoms with van der Waals surface area (Å²) >= 11 is 11.6. The Morgan fingerprint density at radius 2 is 1.79 bits per heavy atom. The SMILES string of the molecule is Cn1cc(C(=O)c2ccc(Cl)c(Cl)c2)cc1C(=O)O. The molecule has 0 aliphatic heterocycles. The molecule has 0 radical (unpaired) electrons. The van der Waals surface area contributed by atoms with Crippen molar-refractivity contribution in [2.24, 2.45) is 7.05 Å². The van der Waals surface area contributed by atoms with E-state index in [1.807, 2.05) is 0 Å². The number of benzene rings is 1. The first-order valence-electron chi connectivity index (χ1n) is 5.29. The maximum absolute atomic E-state index is 12.2. The molecular weight excluding hydrogens is 289 g/mol. The molecule has 0 saturated carbocycles. The van der Waals surface area contributed by atoms with Gasteiger partial charge in [-0.25, -0.2) is 4.79 Å². The van der Waals surface area contributed by atoms with E-state index in [9.17, 15) is 9.59 Å². The van der Waals surface area contributed by atoms with Crippen molar-refractivity contribution in [3.05, 3.63) is 57.3 Å². The largest absolute Gasteiger partial charge is 0.477 e. The Bertz CT molecular complexity index is 677. The van der Waals surface area contributed by atoms with Crippen LogP contribution in [0.3, 0.4) is 0 Å². The summed E-state index contributed by atoms with van der Waals surface area (Å²) < 4.78 is 1.38. The van der Waals surface area contributed by atoms with E-state index >= 15 is 0 Å². The van der Waals surface area contributed by atoms with Crippen molar-refractivity contribution in [1.82, 2.24) is 4.57 Å². The molecule has 1 heterocycles. The van der Waals surface area contributed by atoms with Crippen LogP contribution in [0.5, 0.6) is 0 Å². The van der Waals surface area contributed by atoms with Gasteiger partial charge in [-0.2, -0.15) is 0 Å². The van der Waals surface area contributed by atoms with Crippen LogP contribution in [-0.2, 0) is 7.05 Å². The quantitative estimate of drug-likeness (QED) is 0.885. The Morgan fingerprint density at radius 3 is 2.32 bits per heavy atom. The number of nitrogens with zero attached hydrogens (tertiary/aromatic N) is 1. The summed E-state index contributed by atoms with van der Waals surface area (Å²) in [4.78, 5) is 23.1. The van der Waals surface area contributed by atoms with Crippen molar-refractivity contribution in [3.63, 3.8) is 0 Å². The minimum absolute atomic E-state index is 0.0448. The zero-order valence-electron chi connectivity index (χ0n) is 9.85. The van der Waals surface area contributed by atoms with Gasteiger partial charge in [0, 0.05) is 24.4 Å². The molecule has 2 aromatic rings. The van der Waals surface area contributed by atoms with Gasteiger partial charge in [0.05, 0.1) is 10.0 Å². The van der Waals surface area contributed by atoms with Crippen LogP contribution in [0.1, 0.15) is 26.4 Å². The molecule has 0 saturated heterocycles. The maximum Gasteiger partial charge on any atom is 0.352 e. The van der Waals surface area contributed by atoms with Crippen LogP contribution >= 0.6 is 23.2 Å². The number of rotatable bonds is 3. The van der Waals surface area contributed by atoms with Crippen molar-refractivity contribution in [2.75, 3.05) is 0 Å².